The maximum atomic E-state index is 10.9. The summed E-state index contributed by atoms with van der Waals surface area (Å²) in [5.41, 5.74) is 0. The lowest BCUT2D eigenvalue weighted by Gasteiger charge is -2.16. The van der Waals surface area contributed by atoms with Crippen molar-refractivity contribution in [1.82, 2.24) is 0 Å². The summed E-state index contributed by atoms with van der Waals surface area (Å²) >= 11 is 3.86. The van der Waals surface area contributed by atoms with Gasteiger partial charge in [0, 0.05) is 0 Å². The number of carbonyl (C=O) groups is 1. The molecule has 0 spiro atoms. The van der Waals surface area contributed by atoms with E-state index in [0.717, 1.165) is 19.3 Å². The molecule has 0 rings (SSSR count). The first-order valence-electron chi connectivity index (χ1n) is 4.90. The van der Waals surface area contributed by atoms with Gasteiger partial charge in [0.25, 0.3) is 0 Å². The summed E-state index contributed by atoms with van der Waals surface area (Å²) in [7, 11) is 0. The Balaban J connectivity index is 3.69. The maximum Gasteiger partial charge on any atom is 0.315 e. The van der Waals surface area contributed by atoms with E-state index in [1.807, 2.05) is 6.92 Å². The van der Waals surface area contributed by atoms with Crippen LogP contribution in [0.1, 0.15) is 40.0 Å². The van der Waals surface area contributed by atoms with Crippen LogP contribution in [0, 0.1) is 5.92 Å². The van der Waals surface area contributed by atoms with Gasteiger partial charge in [-0.25, -0.2) is 0 Å². The molecular formula is C10H20O2S. The minimum absolute atomic E-state index is 0.0852. The van der Waals surface area contributed by atoms with Crippen molar-refractivity contribution in [2.45, 2.75) is 46.1 Å². The van der Waals surface area contributed by atoms with Crippen LogP contribution in [0.5, 0.6) is 0 Å². The van der Waals surface area contributed by atoms with Gasteiger partial charge in [0.05, 0.1) is 5.75 Å². The lowest BCUT2D eigenvalue weighted by Crippen LogP contribution is -2.18. The minimum Gasteiger partial charge on any atom is -0.462 e. The zero-order chi connectivity index (χ0) is 10.3. The van der Waals surface area contributed by atoms with Crippen molar-refractivity contribution in [3.8, 4) is 0 Å². The molecule has 0 aromatic carbocycles. The molecule has 0 aromatic rings. The van der Waals surface area contributed by atoms with Crippen molar-refractivity contribution in [2.75, 3.05) is 5.75 Å². The van der Waals surface area contributed by atoms with Crippen LogP contribution in [0.4, 0.5) is 0 Å². The Kier molecular flexibility index (Phi) is 7.14. The number of rotatable bonds is 6. The van der Waals surface area contributed by atoms with Crippen molar-refractivity contribution in [1.29, 1.82) is 0 Å². The fraction of sp³-hybridized carbons (Fsp3) is 0.900. The van der Waals surface area contributed by atoms with Crippen LogP contribution in [-0.4, -0.2) is 17.8 Å². The van der Waals surface area contributed by atoms with Gasteiger partial charge in [0.2, 0.25) is 0 Å². The Bertz CT molecular complexity index is 146. The topological polar surface area (TPSA) is 26.3 Å². The molecule has 3 heteroatoms. The number of thiol groups is 1. The first-order valence-corrected chi connectivity index (χ1v) is 5.53. The van der Waals surface area contributed by atoms with E-state index in [0.29, 0.717) is 5.92 Å². The third kappa shape index (κ3) is 6.94. The lowest BCUT2D eigenvalue weighted by molar-refractivity contribution is -0.146. The Labute approximate surface area is 86.5 Å². The van der Waals surface area contributed by atoms with E-state index in [4.69, 9.17) is 4.74 Å². The molecule has 0 saturated carbocycles. The van der Waals surface area contributed by atoms with Gasteiger partial charge < -0.3 is 4.74 Å². The number of hydrogen-bond acceptors (Lipinski definition) is 3. The molecule has 0 radical (unpaired) electrons. The predicted octanol–water partition coefficient (Wildman–Crippen LogP) is 2.67. The van der Waals surface area contributed by atoms with E-state index in [1.165, 1.54) is 0 Å². The van der Waals surface area contributed by atoms with E-state index in [1.54, 1.807) is 0 Å². The Morgan fingerprint density at radius 1 is 1.38 bits per heavy atom. The highest BCUT2D eigenvalue weighted by molar-refractivity contribution is 7.81. The summed E-state index contributed by atoms with van der Waals surface area (Å²) in [5.74, 6) is 0.640. The molecule has 0 heterocycles. The molecule has 0 aliphatic carbocycles. The quantitative estimate of drug-likeness (QED) is 0.532. The highest BCUT2D eigenvalue weighted by atomic mass is 32.1. The zero-order valence-corrected chi connectivity index (χ0v) is 9.64. The Morgan fingerprint density at radius 3 is 2.38 bits per heavy atom. The molecular weight excluding hydrogens is 184 g/mol. The maximum absolute atomic E-state index is 10.9. The molecule has 0 bridgehead atoms. The van der Waals surface area contributed by atoms with E-state index < -0.39 is 0 Å². The first-order chi connectivity index (χ1) is 6.10. The standard InChI is InChI=1S/C10H20O2S/c1-4-9(6-5-8(2)3)12-10(11)7-13/h8-9,13H,4-7H2,1-3H3. The summed E-state index contributed by atoms with van der Waals surface area (Å²) in [4.78, 5) is 10.9. The molecule has 0 N–H and O–H groups in total. The Morgan fingerprint density at radius 2 is 2.00 bits per heavy atom. The lowest BCUT2D eigenvalue weighted by atomic mass is 10.0. The summed E-state index contributed by atoms with van der Waals surface area (Å²) in [6, 6.07) is 0. The van der Waals surface area contributed by atoms with Gasteiger partial charge in [0.1, 0.15) is 6.10 Å². The number of carbonyl (C=O) groups excluding carboxylic acids is 1. The van der Waals surface area contributed by atoms with Gasteiger partial charge in [-0.3, -0.25) is 4.79 Å². The molecule has 0 aliphatic rings. The van der Waals surface area contributed by atoms with Crippen molar-refractivity contribution in [3.63, 3.8) is 0 Å². The third-order valence-corrected chi connectivity index (χ3v) is 2.21. The van der Waals surface area contributed by atoms with Gasteiger partial charge in [0.15, 0.2) is 0 Å². The van der Waals surface area contributed by atoms with Crippen molar-refractivity contribution < 1.29 is 9.53 Å². The number of esters is 1. The van der Waals surface area contributed by atoms with Crippen LogP contribution in [0.3, 0.4) is 0 Å². The second-order valence-corrected chi connectivity index (χ2v) is 3.97. The van der Waals surface area contributed by atoms with Crippen molar-refractivity contribution in [3.05, 3.63) is 0 Å². The SMILES string of the molecule is CCC(CCC(C)C)OC(=O)CS. The third-order valence-electron chi connectivity index (χ3n) is 1.95. The summed E-state index contributed by atoms with van der Waals surface area (Å²) < 4.78 is 5.18. The molecule has 0 amide bonds. The number of ether oxygens (including phenoxy) is 1. The molecule has 1 unspecified atom stereocenters. The molecule has 0 saturated heterocycles. The van der Waals surface area contributed by atoms with Crippen molar-refractivity contribution in [2.24, 2.45) is 5.92 Å². The average molecular weight is 204 g/mol. The second kappa shape index (κ2) is 7.25. The predicted molar refractivity (Wildman–Crippen MR) is 58.1 cm³/mol. The molecule has 2 nitrogen and oxygen atoms in total. The van der Waals surface area contributed by atoms with Crippen LogP contribution in [0.15, 0.2) is 0 Å². The summed E-state index contributed by atoms with van der Waals surface area (Å²) in [6.07, 6.45) is 3.06. The van der Waals surface area contributed by atoms with E-state index >= 15 is 0 Å². The average Bonchev–Trinajstić information content (AvgIpc) is 2.11. The molecule has 0 fully saturated rings. The van der Waals surface area contributed by atoms with Gasteiger partial charge in [-0.1, -0.05) is 20.8 Å². The highest BCUT2D eigenvalue weighted by Gasteiger charge is 2.11. The van der Waals surface area contributed by atoms with Crippen LogP contribution < -0.4 is 0 Å². The van der Waals surface area contributed by atoms with Gasteiger partial charge in [-0.2, -0.15) is 12.6 Å². The zero-order valence-electron chi connectivity index (χ0n) is 8.75. The Hall–Kier alpha value is -0.180. The normalized spacial score (nSPS) is 13.0. The molecule has 13 heavy (non-hydrogen) atoms. The van der Waals surface area contributed by atoms with Gasteiger partial charge in [-0.15, -0.1) is 0 Å². The van der Waals surface area contributed by atoms with Gasteiger partial charge in [-0.05, 0) is 25.2 Å². The minimum atomic E-state index is -0.209. The fourth-order valence-corrected chi connectivity index (χ4v) is 1.16. The largest absolute Gasteiger partial charge is 0.462 e. The van der Waals surface area contributed by atoms with Gasteiger partial charge >= 0.3 is 5.97 Å². The second-order valence-electron chi connectivity index (χ2n) is 3.65. The van der Waals surface area contributed by atoms with E-state index in [-0.39, 0.29) is 17.8 Å². The van der Waals surface area contributed by atoms with E-state index in [2.05, 4.69) is 26.5 Å². The first kappa shape index (κ1) is 12.8. The molecule has 0 aliphatic heterocycles. The molecule has 0 aromatic heterocycles. The smallest absolute Gasteiger partial charge is 0.315 e. The van der Waals surface area contributed by atoms with Crippen LogP contribution >= 0.6 is 12.6 Å². The van der Waals surface area contributed by atoms with Crippen molar-refractivity contribution >= 4 is 18.6 Å². The highest BCUT2D eigenvalue weighted by Crippen LogP contribution is 2.12. The van der Waals surface area contributed by atoms with Crippen LogP contribution in [0.2, 0.25) is 0 Å². The molecule has 1 atom stereocenters. The van der Waals surface area contributed by atoms with E-state index in [9.17, 15) is 4.79 Å². The van der Waals surface area contributed by atoms with Crippen LogP contribution in [-0.2, 0) is 9.53 Å². The molecule has 78 valence electrons. The van der Waals surface area contributed by atoms with Crippen LogP contribution in [0.25, 0.3) is 0 Å². The number of hydrogen-bond donors (Lipinski definition) is 1. The monoisotopic (exact) mass is 204 g/mol. The fourth-order valence-electron chi connectivity index (χ4n) is 1.09. The summed E-state index contributed by atoms with van der Waals surface area (Å²) in [5, 5.41) is 0. The summed E-state index contributed by atoms with van der Waals surface area (Å²) in [6.45, 7) is 6.39.